The van der Waals surface area contributed by atoms with Crippen LogP contribution < -0.4 is 10.4 Å². The van der Waals surface area contributed by atoms with Crippen molar-refractivity contribution in [1.29, 1.82) is 0 Å². The molecule has 11 rings (SSSR count). The van der Waals surface area contributed by atoms with Crippen LogP contribution in [0.25, 0.3) is 67.5 Å². The maximum Gasteiger partial charge on any atom is 0.164 e. The fourth-order valence-electron chi connectivity index (χ4n) is 9.10. The molecule has 0 atom stereocenters. The van der Waals surface area contributed by atoms with E-state index in [4.69, 9.17) is 15.0 Å². The first-order valence-corrected chi connectivity index (χ1v) is 17.8. The van der Waals surface area contributed by atoms with Crippen LogP contribution in [-0.4, -0.2) is 15.0 Å². The van der Waals surface area contributed by atoms with Gasteiger partial charge in [-0.25, -0.2) is 15.0 Å². The van der Waals surface area contributed by atoms with Gasteiger partial charge in [-0.3, -0.25) is 0 Å². The van der Waals surface area contributed by atoms with Crippen LogP contribution in [0.5, 0.6) is 0 Å². The molecule has 3 aliphatic rings. The van der Waals surface area contributed by atoms with E-state index < -0.39 is 5.41 Å². The summed E-state index contributed by atoms with van der Waals surface area (Å²) in [5, 5.41) is 4.74. The van der Waals surface area contributed by atoms with E-state index in [9.17, 15) is 0 Å². The molecular weight excluding hydrogens is 619 g/mol. The largest absolute Gasteiger partial charge is 0.208 e. The van der Waals surface area contributed by atoms with Gasteiger partial charge in [-0.15, -0.1) is 0 Å². The van der Waals surface area contributed by atoms with Gasteiger partial charge in [0.05, 0.1) is 5.41 Å². The average molecular weight is 650 g/mol. The quantitative estimate of drug-likeness (QED) is 0.191. The lowest BCUT2D eigenvalue weighted by Crippen LogP contribution is -2.30. The summed E-state index contributed by atoms with van der Waals surface area (Å²) < 4.78 is 0. The van der Waals surface area contributed by atoms with Crippen LogP contribution in [0.15, 0.2) is 158 Å². The minimum atomic E-state index is -0.434. The van der Waals surface area contributed by atoms with Crippen LogP contribution in [0.3, 0.4) is 0 Å². The first kappa shape index (κ1) is 28.4. The van der Waals surface area contributed by atoms with Gasteiger partial charge in [-0.1, -0.05) is 158 Å². The highest BCUT2D eigenvalue weighted by atomic mass is 15.0. The highest BCUT2D eigenvalue weighted by Crippen LogP contribution is 2.62. The Kier molecular flexibility index (Phi) is 6.00. The summed E-state index contributed by atoms with van der Waals surface area (Å²) in [5.74, 6) is 2.14. The molecule has 0 unspecified atom stereocenters. The Morgan fingerprint density at radius 1 is 0.431 bits per heavy atom. The highest BCUT2D eigenvalue weighted by molar-refractivity contribution is 5.97. The Morgan fingerprint density at radius 3 is 1.76 bits per heavy atom. The number of hydrogen-bond donors (Lipinski definition) is 0. The molecule has 3 nitrogen and oxygen atoms in total. The van der Waals surface area contributed by atoms with E-state index in [2.05, 4.69) is 164 Å². The number of aromatic nitrogens is 3. The summed E-state index contributed by atoms with van der Waals surface area (Å²) in [6, 6.07) is 57.2. The fraction of sp³-hybridized carbons (Fsp3) is 0.0625. The van der Waals surface area contributed by atoms with E-state index in [0.29, 0.717) is 11.6 Å². The lowest BCUT2D eigenvalue weighted by atomic mass is 9.70. The zero-order chi connectivity index (χ0) is 33.5. The van der Waals surface area contributed by atoms with Crippen molar-refractivity contribution >= 4 is 22.4 Å². The molecule has 0 aliphatic heterocycles. The molecule has 7 aromatic carbocycles. The molecule has 0 fully saturated rings. The SMILES string of the molecule is C1=c2ccccc2=C(c2nc(-c3ccc4c(c3)C3(c5ccccc5-c5ccccc53)c3ccccc3-4)nc(-c3cccc4ccccc34)n2)CC1. The van der Waals surface area contributed by atoms with Crippen molar-refractivity contribution in [2.45, 2.75) is 18.3 Å². The first-order chi connectivity index (χ1) is 25.3. The summed E-state index contributed by atoms with van der Waals surface area (Å²) >= 11 is 0. The number of rotatable bonds is 3. The standard InChI is InChI=1S/C48H31N3/c1-3-17-33-30(13-1)15-11-22-39(33)46-49-45(50-47(51-46)40-23-12-16-31-14-2-4-18-34(31)40)32-27-28-38-37-21-7-10-26-43(37)48(44(38)29-32)41-24-8-5-19-35(41)36-20-6-9-25-42(36)48/h1-11,13-22,24-29H,12,23H2. The molecule has 1 spiro atoms. The molecule has 3 aliphatic carbocycles. The van der Waals surface area contributed by atoms with Gasteiger partial charge in [-0.2, -0.15) is 0 Å². The topological polar surface area (TPSA) is 38.7 Å². The van der Waals surface area contributed by atoms with Crippen LogP contribution in [0.4, 0.5) is 0 Å². The predicted molar refractivity (Wildman–Crippen MR) is 206 cm³/mol. The van der Waals surface area contributed by atoms with Crippen molar-refractivity contribution in [2.24, 2.45) is 0 Å². The van der Waals surface area contributed by atoms with Crippen LogP contribution >= 0.6 is 0 Å². The lowest BCUT2D eigenvalue weighted by Gasteiger charge is -2.30. The third kappa shape index (κ3) is 3.97. The van der Waals surface area contributed by atoms with Crippen molar-refractivity contribution < 1.29 is 0 Å². The normalized spacial score (nSPS) is 14.4. The van der Waals surface area contributed by atoms with E-state index in [1.807, 2.05) is 0 Å². The Morgan fingerprint density at radius 2 is 1.00 bits per heavy atom. The fourth-order valence-corrected chi connectivity index (χ4v) is 9.10. The van der Waals surface area contributed by atoms with Gasteiger partial charge >= 0.3 is 0 Å². The summed E-state index contributed by atoms with van der Waals surface area (Å²) in [4.78, 5) is 15.9. The maximum atomic E-state index is 5.34. The summed E-state index contributed by atoms with van der Waals surface area (Å²) in [7, 11) is 0. The predicted octanol–water partition coefficient (Wildman–Crippen LogP) is 9.48. The highest BCUT2D eigenvalue weighted by Gasteiger charge is 2.51. The zero-order valence-electron chi connectivity index (χ0n) is 27.8. The van der Waals surface area contributed by atoms with E-state index >= 15 is 0 Å². The van der Waals surface area contributed by atoms with Crippen LogP contribution in [-0.2, 0) is 5.41 Å². The summed E-state index contributed by atoms with van der Waals surface area (Å²) in [6.07, 6.45) is 4.16. The van der Waals surface area contributed by atoms with Crippen LogP contribution in [0.2, 0.25) is 0 Å². The number of fused-ring (bicyclic) bond motifs is 12. The molecule has 0 saturated heterocycles. The maximum absolute atomic E-state index is 5.34. The molecular formula is C48H31N3. The molecule has 51 heavy (non-hydrogen) atoms. The Hall–Kier alpha value is -6.45. The van der Waals surface area contributed by atoms with E-state index in [-0.39, 0.29) is 0 Å². The lowest BCUT2D eigenvalue weighted by molar-refractivity contribution is 0.794. The monoisotopic (exact) mass is 649 g/mol. The van der Waals surface area contributed by atoms with E-state index in [1.54, 1.807) is 0 Å². The van der Waals surface area contributed by atoms with E-state index in [1.165, 1.54) is 65.9 Å². The van der Waals surface area contributed by atoms with Crippen molar-refractivity contribution in [3.63, 3.8) is 0 Å². The van der Waals surface area contributed by atoms with Crippen molar-refractivity contribution in [1.82, 2.24) is 15.0 Å². The number of benzene rings is 7. The molecule has 0 amide bonds. The second-order valence-electron chi connectivity index (χ2n) is 13.8. The van der Waals surface area contributed by atoms with Gasteiger partial charge in [0.15, 0.2) is 17.5 Å². The van der Waals surface area contributed by atoms with Crippen LogP contribution in [0.1, 0.15) is 40.9 Å². The van der Waals surface area contributed by atoms with Crippen molar-refractivity contribution in [3.8, 4) is 45.0 Å². The van der Waals surface area contributed by atoms with Gasteiger partial charge in [0.1, 0.15) is 0 Å². The van der Waals surface area contributed by atoms with E-state index in [0.717, 1.165) is 35.2 Å². The molecule has 1 heterocycles. The van der Waals surface area contributed by atoms with Gasteiger partial charge in [-0.05, 0) is 84.6 Å². The molecule has 1 aromatic heterocycles. The van der Waals surface area contributed by atoms with Crippen molar-refractivity contribution in [2.75, 3.05) is 0 Å². The second kappa shape index (κ2) is 10.8. The Balaban J connectivity index is 1.20. The van der Waals surface area contributed by atoms with Gasteiger partial charge < -0.3 is 0 Å². The van der Waals surface area contributed by atoms with Crippen molar-refractivity contribution in [3.05, 3.63) is 196 Å². The minimum absolute atomic E-state index is 0.434. The molecule has 0 saturated carbocycles. The van der Waals surface area contributed by atoms with Gasteiger partial charge in [0, 0.05) is 16.7 Å². The Labute approximate surface area is 296 Å². The average Bonchev–Trinajstić information content (AvgIpc) is 3.67. The molecule has 8 aromatic rings. The van der Waals surface area contributed by atoms with Gasteiger partial charge in [0.2, 0.25) is 0 Å². The molecule has 0 radical (unpaired) electrons. The second-order valence-corrected chi connectivity index (χ2v) is 13.8. The number of hydrogen-bond acceptors (Lipinski definition) is 3. The molecule has 238 valence electrons. The third-order valence-electron chi connectivity index (χ3n) is 11.2. The summed E-state index contributed by atoms with van der Waals surface area (Å²) in [5.41, 5.74) is 13.1. The Bertz CT molecular complexity index is 2810. The molecule has 0 bridgehead atoms. The zero-order valence-corrected chi connectivity index (χ0v) is 27.8. The first-order valence-electron chi connectivity index (χ1n) is 17.8. The van der Waals surface area contributed by atoms with Gasteiger partial charge in [0.25, 0.3) is 0 Å². The minimum Gasteiger partial charge on any atom is -0.208 e. The molecule has 3 heteroatoms. The smallest absolute Gasteiger partial charge is 0.164 e. The summed E-state index contributed by atoms with van der Waals surface area (Å²) in [6.45, 7) is 0. The van der Waals surface area contributed by atoms with Crippen LogP contribution in [0, 0.1) is 0 Å². The number of nitrogens with zero attached hydrogens (tertiary/aromatic N) is 3. The molecule has 0 N–H and O–H groups in total. The third-order valence-corrected chi connectivity index (χ3v) is 11.2.